The predicted molar refractivity (Wildman–Crippen MR) is 128 cm³/mol. The first-order valence-corrected chi connectivity index (χ1v) is 11.8. The fourth-order valence-corrected chi connectivity index (χ4v) is 5.32. The van der Waals surface area contributed by atoms with Crippen LogP contribution in [0.4, 0.5) is 5.69 Å². The summed E-state index contributed by atoms with van der Waals surface area (Å²) in [6.45, 7) is 1.06. The molecule has 0 saturated carbocycles. The summed E-state index contributed by atoms with van der Waals surface area (Å²) in [7, 11) is 1.19. The molecule has 1 aromatic heterocycles. The number of thiazole rings is 1. The van der Waals surface area contributed by atoms with Crippen molar-refractivity contribution in [3.8, 4) is 22.8 Å². The summed E-state index contributed by atoms with van der Waals surface area (Å²) in [6, 6.07) is 10.6. The molecule has 7 nitrogen and oxygen atoms in total. The van der Waals surface area contributed by atoms with E-state index in [1.807, 2.05) is 35.2 Å². The van der Waals surface area contributed by atoms with Gasteiger partial charge in [0.05, 0.1) is 16.4 Å². The van der Waals surface area contributed by atoms with Crippen molar-refractivity contribution in [2.75, 3.05) is 27.3 Å². The fraction of sp³-hybridized carbons (Fsp3) is 0.250. The molecular formula is C20H21BrClN3O4S2. The van der Waals surface area contributed by atoms with Gasteiger partial charge in [-0.1, -0.05) is 17.7 Å². The Morgan fingerprint density at radius 3 is 2.52 bits per heavy atom. The molecule has 3 aromatic rings. The van der Waals surface area contributed by atoms with Gasteiger partial charge in [-0.2, -0.15) is 0 Å². The van der Waals surface area contributed by atoms with Gasteiger partial charge in [-0.3, -0.25) is 0 Å². The van der Waals surface area contributed by atoms with E-state index in [1.54, 1.807) is 18.2 Å². The molecule has 11 heteroatoms. The first kappa shape index (κ1) is 23.8. The topological polar surface area (TPSA) is 73.1 Å². The van der Waals surface area contributed by atoms with Crippen LogP contribution in [0.1, 0.15) is 0 Å². The van der Waals surface area contributed by atoms with Gasteiger partial charge in [0, 0.05) is 38.2 Å². The molecule has 2 heterocycles. The number of fused-ring (bicyclic) bond motifs is 1. The van der Waals surface area contributed by atoms with Crippen LogP contribution < -0.4 is 14.3 Å². The second-order valence-corrected chi connectivity index (χ2v) is 10.2. The van der Waals surface area contributed by atoms with Crippen molar-refractivity contribution >= 4 is 55.6 Å². The SMILES string of the molecule is Br.CN(C)S(=O)(=O)c1cc(-c2csc(=Nc3ccc4c(c3)OCCO4)n2C)ccc1Cl. The van der Waals surface area contributed by atoms with Crippen LogP contribution in [-0.2, 0) is 17.1 Å². The zero-order chi connectivity index (χ0) is 21.5. The molecule has 0 amide bonds. The van der Waals surface area contributed by atoms with Crippen molar-refractivity contribution in [3.05, 3.63) is 51.6 Å². The molecule has 2 aromatic carbocycles. The summed E-state index contributed by atoms with van der Waals surface area (Å²) in [5, 5.41) is 2.12. The van der Waals surface area contributed by atoms with Gasteiger partial charge in [-0.15, -0.1) is 28.3 Å². The molecule has 1 aliphatic rings. The van der Waals surface area contributed by atoms with E-state index in [0.717, 1.165) is 26.1 Å². The summed E-state index contributed by atoms with van der Waals surface area (Å²) in [5.41, 5.74) is 2.32. The maximum atomic E-state index is 12.6. The smallest absolute Gasteiger partial charge is 0.244 e. The lowest BCUT2D eigenvalue weighted by atomic mass is 10.2. The summed E-state index contributed by atoms with van der Waals surface area (Å²) in [4.78, 5) is 5.54. The lowest BCUT2D eigenvalue weighted by Gasteiger charge is -2.18. The summed E-state index contributed by atoms with van der Waals surface area (Å²) in [5.74, 6) is 1.39. The molecule has 0 N–H and O–H groups in total. The van der Waals surface area contributed by atoms with Crippen LogP contribution in [0, 0.1) is 0 Å². The van der Waals surface area contributed by atoms with Crippen LogP contribution >= 0.6 is 39.9 Å². The van der Waals surface area contributed by atoms with E-state index in [-0.39, 0.29) is 26.9 Å². The van der Waals surface area contributed by atoms with Gasteiger partial charge in [-0.05, 0) is 24.3 Å². The minimum atomic E-state index is -3.66. The van der Waals surface area contributed by atoms with E-state index in [2.05, 4.69) is 0 Å². The quantitative estimate of drug-likeness (QED) is 0.491. The molecule has 31 heavy (non-hydrogen) atoms. The molecule has 0 atom stereocenters. The summed E-state index contributed by atoms with van der Waals surface area (Å²) < 4.78 is 39.4. The lowest BCUT2D eigenvalue weighted by molar-refractivity contribution is 0.171. The second kappa shape index (κ2) is 9.33. The number of hydrogen-bond acceptors (Lipinski definition) is 6. The molecule has 0 radical (unpaired) electrons. The summed E-state index contributed by atoms with van der Waals surface area (Å²) in [6.07, 6.45) is 0. The van der Waals surface area contributed by atoms with Gasteiger partial charge in [0.25, 0.3) is 0 Å². The Labute approximate surface area is 200 Å². The standard InChI is InChI=1S/C20H20ClN3O4S2.BrH/c1-23(2)30(25,26)19-10-13(4-6-15(19)21)16-12-29-20(24(16)3)22-14-5-7-17-18(11-14)28-9-8-27-17;/h4-7,10-12H,8-9H2,1-3H3;1H. The van der Waals surface area contributed by atoms with Gasteiger partial charge >= 0.3 is 0 Å². The predicted octanol–water partition coefficient (Wildman–Crippen LogP) is 4.24. The normalized spacial score (nSPS) is 13.9. The molecule has 0 saturated heterocycles. The maximum absolute atomic E-state index is 12.6. The molecule has 1 aliphatic heterocycles. The zero-order valence-electron chi connectivity index (χ0n) is 17.0. The number of hydrogen-bond donors (Lipinski definition) is 0. The average molecular weight is 547 g/mol. The van der Waals surface area contributed by atoms with Gasteiger partial charge < -0.3 is 14.0 Å². The minimum Gasteiger partial charge on any atom is -0.486 e. The van der Waals surface area contributed by atoms with E-state index >= 15 is 0 Å². The van der Waals surface area contributed by atoms with Crippen LogP contribution in [0.25, 0.3) is 11.3 Å². The van der Waals surface area contributed by atoms with E-state index < -0.39 is 10.0 Å². The zero-order valence-corrected chi connectivity index (χ0v) is 21.1. The van der Waals surface area contributed by atoms with Crippen LogP contribution in [0.5, 0.6) is 11.5 Å². The second-order valence-electron chi connectivity index (χ2n) is 6.83. The van der Waals surface area contributed by atoms with Crippen molar-refractivity contribution in [2.24, 2.45) is 12.0 Å². The Morgan fingerprint density at radius 1 is 1.10 bits per heavy atom. The van der Waals surface area contributed by atoms with Crippen LogP contribution in [0.3, 0.4) is 0 Å². The molecule has 4 rings (SSSR count). The largest absolute Gasteiger partial charge is 0.486 e. The van der Waals surface area contributed by atoms with Gasteiger partial charge in [0.1, 0.15) is 18.1 Å². The summed E-state index contributed by atoms with van der Waals surface area (Å²) >= 11 is 7.63. The van der Waals surface area contributed by atoms with Gasteiger partial charge in [-0.25, -0.2) is 17.7 Å². The van der Waals surface area contributed by atoms with Crippen molar-refractivity contribution in [1.29, 1.82) is 0 Å². The third-order valence-electron chi connectivity index (χ3n) is 4.66. The number of halogens is 2. The van der Waals surface area contributed by atoms with Crippen molar-refractivity contribution < 1.29 is 17.9 Å². The van der Waals surface area contributed by atoms with Gasteiger partial charge in [0.15, 0.2) is 16.3 Å². The van der Waals surface area contributed by atoms with E-state index in [4.69, 9.17) is 26.1 Å². The van der Waals surface area contributed by atoms with Crippen LogP contribution in [-0.4, -0.2) is 44.6 Å². The molecule has 0 aliphatic carbocycles. The number of aromatic nitrogens is 1. The van der Waals surface area contributed by atoms with Crippen LogP contribution in [0.15, 0.2) is 51.7 Å². The number of rotatable bonds is 4. The highest BCUT2D eigenvalue weighted by molar-refractivity contribution is 8.93. The number of nitrogens with zero attached hydrogens (tertiary/aromatic N) is 3. The fourth-order valence-electron chi connectivity index (χ4n) is 3.00. The Kier molecular flexibility index (Phi) is 7.17. The third-order valence-corrected chi connectivity index (χ3v) is 7.87. The Hall–Kier alpha value is -1.85. The monoisotopic (exact) mass is 545 g/mol. The van der Waals surface area contributed by atoms with Crippen molar-refractivity contribution in [3.63, 3.8) is 0 Å². The van der Waals surface area contributed by atoms with Crippen molar-refractivity contribution in [2.45, 2.75) is 4.90 Å². The number of benzene rings is 2. The molecule has 0 spiro atoms. The molecule has 166 valence electrons. The van der Waals surface area contributed by atoms with E-state index in [1.165, 1.54) is 25.4 Å². The Morgan fingerprint density at radius 2 is 1.81 bits per heavy atom. The highest BCUT2D eigenvalue weighted by Crippen LogP contribution is 2.34. The highest BCUT2D eigenvalue weighted by atomic mass is 79.9. The third kappa shape index (κ3) is 4.68. The minimum absolute atomic E-state index is 0. The Bertz CT molecular complexity index is 1290. The first-order valence-electron chi connectivity index (χ1n) is 9.09. The van der Waals surface area contributed by atoms with E-state index in [9.17, 15) is 8.42 Å². The van der Waals surface area contributed by atoms with Crippen LogP contribution in [0.2, 0.25) is 5.02 Å². The number of sulfonamides is 1. The number of ether oxygens (including phenoxy) is 2. The molecular weight excluding hydrogens is 526 g/mol. The van der Waals surface area contributed by atoms with E-state index in [0.29, 0.717) is 24.7 Å². The molecule has 0 bridgehead atoms. The van der Waals surface area contributed by atoms with Crippen molar-refractivity contribution in [1.82, 2.24) is 8.87 Å². The molecule has 0 unspecified atom stereocenters. The molecule has 0 fully saturated rings. The Balaban J connectivity index is 0.00000272. The first-order chi connectivity index (χ1) is 14.3. The average Bonchev–Trinajstić information content (AvgIpc) is 3.08. The maximum Gasteiger partial charge on any atom is 0.244 e. The van der Waals surface area contributed by atoms with Gasteiger partial charge in [0.2, 0.25) is 10.0 Å². The highest BCUT2D eigenvalue weighted by Gasteiger charge is 2.22. The lowest BCUT2D eigenvalue weighted by Crippen LogP contribution is -2.22.